The zero-order chi connectivity index (χ0) is 18.2. The highest BCUT2D eigenvalue weighted by Crippen LogP contribution is 2.32. The van der Waals surface area contributed by atoms with Gasteiger partial charge in [0.1, 0.15) is 0 Å². The molecule has 1 aliphatic rings. The van der Waals surface area contributed by atoms with Crippen molar-refractivity contribution in [3.05, 3.63) is 47.1 Å². The van der Waals surface area contributed by atoms with Crippen molar-refractivity contribution in [1.29, 1.82) is 0 Å². The third kappa shape index (κ3) is 3.88. The normalized spacial score (nSPS) is 21.8. The van der Waals surface area contributed by atoms with E-state index in [9.17, 15) is 8.78 Å². The van der Waals surface area contributed by atoms with Gasteiger partial charge in [0.25, 0.3) is 0 Å². The Morgan fingerprint density at radius 2 is 2.04 bits per heavy atom. The molecule has 0 bridgehead atoms. The van der Waals surface area contributed by atoms with Crippen LogP contribution in [0.25, 0.3) is 0 Å². The Hall–Kier alpha value is -1.86. The maximum absolute atomic E-state index is 13.6. The molecular formula is C18H24F2N4O. The summed E-state index contributed by atoms with van der Waals surface area (Å²) in [5.74, 6) is -0.439. The van der Waals surface area contributed by atoms with Crippen LogP contribution in [0.3, 0.4) is 0 Å². The van der Waals surface area contributed by atoms with E-state index in [0.29, 0.717) is 18.3 Å². The monoisotopic (exact) mass is 350 g/mol. The highest BCUT2D eigenvalue weighted by molar-refractivity contribution is 5.24. The van der Waals surface area contributed by atoms with Gasteiger partial charge in [-0.25, -0.2) is 8.78 Å². The molecule has 2 heterocycles. The van der Waals surface area contributed by atoms with E-state index in [4.69, 9.17) is 4.52 Å². The molecule has 1 saturated heterocycles. The smallest absolute Gasteiger partial charge is 0.240 e. The molecule has 7 heteroatoms. The Morgan fingerprint density at radius 3 is 2.68 bits per heavy atom. The Kier molecular flexibility index (Phi) is 4.88. The minimum absolute atomic E-state index is 0.0277. The second kappa shape index (κ2) is 6.80. The highest BCUT2D eigenvalue weighted by atomic mass is 19.2. The molecule has 1 fully saturated rings. The first-order chi connectivity index (χ1) is 11.8. The van der Waals surface area contributed by atoms with Crippen molar-refractivity contribution >= 4 is 0 Å². The first-order valence-corrected chi connectivity index (χ1v) is 8.47. The van der Waals surface area contributed by atoms with Gasteiger partial charge in [0, 0.05) is 24.0 Å². The zero-order valence-corrected chi connectivity index (χ0v) is 15.0. The largest absolute Gasteiger partial charge is 0.338 e. The number of benzene rings is 1. The molecule has 0 saturated carbocycles. The zero-order valence-electron chi connectivity index (χ0n) is 15.0. The summed E-state index contributed by atoms with van der Waals surface area (Å²) < 4.78 is 32.1. The Bertz CT molecular complexity index is 741. The molecule has 0 aliphatic carbocycles. The predicted octanol–water partition coefficient (Wildman–Crippen LogP) is 3.18. The quantitative estimate of drug-likeness (QED) is 0.918. The van der Waals surface area contributed by atoms with Crippen LogP contribution in [-0.2, 0) is 12.0 Å². The average molecular weight is 350 g/mol. The van der Waals surface area contributed by atoms with Gasteiger partial charge >= 0.3 is 0 Å². The fourth-order valence-electron chi connectivity index (χ4n) is 3.19. The van der Waals surface area contributed by atoms with Gasteiger partial charge in [-0.05, 0) is 31.2 Å². The molecular weight excluding hydrogens is 326 g/mol. The van der Waals surface area contributed by atoms with Gasteiger partial charge in [0.15, 0.2) is 17.5 Å². The van der Waals surface area contributed by atoms with Crippen molar-refractivity contribution in [2.75, 3.05) is 13.6 Å². The molecule has 0 unspecified atom stereocenters. The standard InChI is InChI=1S/C18H24F2N4O/c1-18(2,3)17-22-15(25-23-17)10-21-14-7-8-24(4)16(14)11-5-6-12(19)13(20)9-11/h5-6,9,14,16,21H,7-8,10H2,1-4H3/t14-,16+/m0/s1. The number of nitrogens with one attached hydrogen (secondary N) is 1. The average Bonchev–Trinajstić information content (AvgIpc) is 3.14. The minimum atomic E-state index is -0.825. The number of likely N-dealkylation sites (tertiary alicyclic amines) is 1. The van der Waals surface area contributed by atoms with E-state index in [-0.39, 0.29) is 17.5 Å². The lowest BCUT2D eigenvalue weighted by Gasteiger charge is -2.26. The van der Waals surface area contributed by atoms with Crippen molar-refractivity contribution in [2.45, 2.75) is 51.2 Å². The maximum atomic E-state index is 13.6. The van der Waals surface area contributed by atoms with Crippen molar-refractivity contribution in [3.63, 3.8) is 0 Å². The summed E-state index contributed by atoms with van der Waals surface area (Å²) in [5.41, 5.74) is 0.598. The summed E-state index contributed by atoms with van der Waals surface area (Å²) in [7, 11) is 1.98. The van der Waals surface area contributed by atoms with E-state index in [1.807, 2.05) is 27.8 Å². The molecule has 1 N–H and O–H groups in total. The minimum Gasteiger partial charge on any atom is -0.338 e. The Balaban J connectivity index is 1.70. The first-order valence-electron chi connectivity index (χ1n) is 8.47. The van der Waals surface area contributed by atoms with Gasteiger partial charge in [-0.3, -0.25) is 4.90 Å². The van der Waals surface area contributed by atoms with E-state index in [2.05, 4.69) is 20.4 Å². The molecule has 0 radical (unpaired) electrons. The topological polar surface area (TPSA) is 54.2 Å². The van der Waals surface area contributed by atoms with Crippen LogP contribution in [0.15, 0.2) is 22.7 Å². The third-order valence-corrected chi connectivity index (χ3v) is 4.59. The van der Waals surface area contributed by atoms with Gasteiger partial charge in [-0.15, -0.1) is 0 Å². The van der Waals surface area contributed by atoms with Gasteiger partial charge in [-0.1, -0.05) is 32.0 Å². The summed E-state index contributed by atoms with van der Waals surface area (Å²) in [4.78, 5) is 6.56. The molecule has 0 amide bonds. The van der Waals surface area contributed by atoms with Crippen LogP contribution in [0.5, 0.6) is 0 Å². The molecule has 1 aliphatic heterocycles. The van der Waals surface area contributed by atoms with E-state index in [1.54, 1.807) is 6.07 Å². The summed E-state index contributed by atoms with van der Waals surface area (Å²) >= 11 is 0. The second-order valence-corrected chi connectivity index (χ2v) is 7.64. The summed E-state index contributed by atoms with van der Waals surface area (Å²) in [6.07, 6.45) is 0.903. The molecule has 2 aromatic rings. The van der Waals surface area contributed by atoms with Crippen LogP contribution in [0.2, 0.25) is 0 Å². The van der Waals surface area contributed by atoms with Gasteiger partial charge < -0.3 is 9.84 Å². The number of rotatable bonds is 4. The van der Waals surface area contributed by atoms with E-state index >= 15 is 0 Å². The molecule has 5 nitrogen and oxygen atoms in total. The van der Waals surface area contributed by atoms with Crippen LogP contribution in [0, 0.1) is 11.6 Å². The van der Waals surface area contributed by atoms with Crippen molar-refractivity contribution < 1.29 is 13.3 Å². The Labute approximate surface area is 146 Å². The van der Waals surface area contributed by atoms with Crippen LogP contribution in [0.4, 0.5) is 8.78 Å². The van der Waals surface area contributed by atoms with E-state index in [1.165, 1.54) is 12.1 Å². The van der Waals surface area contributed by atoms with Crippen LogP contribution >= 0.6 is 0 Å². The number of halogens is 2. The number of hydrogen-bond donors (Lipinski definition) is 1. The van der Waals surface area contributed by atoms with Crippen molar-refractivity contribution in [3.8, 4) is 0 Å². The van der Waals surface area contributed by atoms with Crippen LogP contribution in [0.1, 0.15) is 50.5 Å². The summed E-state index contributed by atoms with van der Waals surface area (Å²) in [6, 6.07) is 4.17. The molecule has 1 aromatic carbocycles. The lowest BCUT2D eigenvalue weighted by molar-refractivity contribution is 0.277. The van der Waals surface area contributed by atoms with Gasteiger partial charge in [-0.2, -0.15) is 4.98 Å². The molecule has 2 atom stereocenters. The number of nitrogens with zero attached hydrogens (tertiary/aromatic N) is 3. The molecule has 136 valence electrons. The van der Waals surface area contributed by atoms with Crippen molar-refractivity contribution in [1.82, 2.24) is 20.4 Å². The second-order valence-electron chi connectivity index (χ2n) is 7.64. The molecule has 1 aromatic heterocycles. The fourth-order valence-corrected chi connectivity index (χ4v) is 3.19. The fraction of sp³-hybridized carbons (Fsp3) is 0.556. The lowest BCUT2D eigenvalue weighted by Crippen LogP contribution is -2.34. The van der Waals surface area contributed by atoms with Crippen LogP contribution < -0.4 is 5.32 Å². The number of hydrogen-bond acceptors (Lipinski definition) is 5. The van der Waals surface area contributed by atoms with Crippen LogP contribution in [-0.4, -0.2) is 34.7 Å². The van der Waals surface area contributed by atoms with Crippen molar-refractivity contribution in [2.24, 2.45) is 0 Å². The van der Waals surface area contributed by atoms with E-state index in [0.717, 1.165) is 18.5 Å². The SMILES string of the molecule is CN1CC[C@H](NCc2nc(C(C)(C)C)no2)[C@H]1c1ccc(F)c(F)c1. The molecule has 0 spiro atoms. The third-order valence-electron chi connectivity index (χ3n) is 4.59. The summed E-state index contributed by atoms with van der Waals surface area (Å²) in [5, 5.41) is 7.44. The van der Waals surface area contributed by atoms with E-state index < -0.39 is 11.6 Å². The van der Waals surface area contributed by atoms with Gasteiger partial charge in [0.2, 0.25) is 5.89 Å². The molecule has 3 rings (SSSR count). The number of aromatic nitrogens is 2. The highest BCUT2D eigenvalue weighted by Gasteiger charge is 2.33. The van der Waals surface area contributed by atoms with Gasteiger partial charge in [0.05, 0.1) is 6.54 Å². The number of likely N-dealkylation sites (N-methyl/N-ethyl adjacent to an activating group) is 1. The summed E-state index contributed by atoms with van der Waals surface area (Å²) in [6.45, 7) is 7.40. The lowest BCUT2D eigenvalue weighted by atomic mass is 9.96. The predicted molar refractivity (Wildman–Crippen MR) is 90.0 cm³/mol. The molecule has 25 heavy (non-hydrogen) atoms. The first kappa shape index (κ1) is 17.9. The maximum Gasteiger partial charge on any atom is 0.240 e. The Morgan fingerprint density at radius 1 is 1.28 bits per heavy atom.